The monoisotopic (exact) mass is 528 g/mol. The van der Waals surface area contributed by atoms with Crippen LogP contribution in [0.25, 0.3) is 0 Å². The minimum Gasteiger partial charge on any atom is -0.497 e. The first kappa shape index (κ1) is 25.5. The van der Waals surface area contributed by atoms with E-state index in [0.29, 0.717) is 23.0 Å². The molecule has 1 N–H and O–H groups in total. The Labute approximate surface area is 225 Å². The van der Waals surface area contributed by atoms with E-state index in [1.807, 2.05) is 48.3 Å². The van der Waals surface area contributed by atoms with Gasteiger partial charge in [-0.05, 0) is 42.3 Å². The third kappa shape index (κ3) is 5.43. The molecule has 2 aliphatic heterocycles. The van der Waals surface area contributed by atoms with Crippen LogP contribution in [0.5, 0.6) is 11.5 Å². The Morgan fingerprint density at radius 2 is 1.76 bits per heavy atom. The highest BCUT2D eigenvalue weighted by molar-refractivity contribution is 8.15. The van der Waals surface area contributed by atoms with Crippen LogP contribution >= 0.6 is 11.8 Å². The van der Waals surface area contributed by atoms with Gasteiger partial charge in [0.1, 0.15) is 16.7 Å². The van der Waals surface area contributed by atoms with Gasteiger partial charge in [-0.3, -0.25) is 9.59 Å². The van der Waals surface area contributed by atoms with Gasteiger partial charge in [0.2, 0.25) is 5.91 Å². The number of amides is 2. The molecule has 38 heavy (non-hydrogen) atoms. The zero-order valence-corrected chi connectivity index (χ0v) is 22.2. The Kier molecular flexibility index (Phi) is 7.46. The second kappa shape index (κ2) is 11.1. The van der Waals surface area contributed by atoms with Crippen LogP contribution < -0.4 is 14.8 Å². The van der Waals surface area contributed by atoms with E-state index in [1.54, 1.807) is 26.4 Å². The number of benzene rings is 3. The Balaban J connectivity index is 1.35. The van der Waals surface area contributed by atoms with Crippen LogP contribution in [-0.4, -0.2) is 47.2 Å². The Bertz CT molecular complexity index is 1400. The number of methoxy groups -OCH3 is 2. The number of nitrogens with zero attached hydrogens (tertiary/aromatic N) is 3. The summed E-state index contributed by atoms with van der Waals surface area (Å²) in [6.07, 6.45) is 0.645. The van der Waals surface area contributed by atoms with Crippen LogP contribution in [0.2, 0.25) is 0 Å². The predicted octanol–water partition coefficient (Wildman–Crippen LogP) is 5.19. The number of aryl methyl sites for hydroxylation is 1. The number of nitrogens with one attached hydrogen (secondary N) is 1. The van der Waals surface area contributed by atoms with Crippen LogP contribution in [0.3, 0.4) is 0 Å². The summed E-state index contributed by atoms with van der Waals surface area (Å²) in [5.41, 5.74) is 4.71. The predicted molar refractivity (Wildman–Crippen MR) is 150 cm³/mol. The minimum absolute atomic E-state index is 0.00980. The van der Waals surface area contributed by atoms with Gasteiger partial charge in [0.15, 0.2) is 5.17 Å². The van der Waals surface area contributed by atoms with Gasteiger partial charge in [-0.1, -0.05) is 65.9 Å². The van der Waals surface area contributed by atoms with Crippen molar-refractivity contribution in [3.05, 3.63) is 89.5 Å². The molecule has 3 aromatic carbocycles. The lowest BCUT2D eigenvalue weighted by Crippen LogP contribution is -2.25. The fourth-order valence-corrected chi connectivity index (χ4v) is 5.48. The summed E-state index contributed by atoms with van der Waals surface area (Å²) in [7, 11) is 3.18. The van der Waals surface area contributed by atoms with Crippen molar-refractivity contribution in [1.29, 1.82) is 0 Å². The topological polar surface area (TPSA) is 92.6 Å². The van der Waals surface area contributed by atoms with Crippen molar-refractivity contribution < 1.29 is 19.1 Å². The smallest absolute Gasteiger partial charge is 0.262 e. The van der Waals surface area contributed by atoms with Gasteiger partial charge in [-0.25, -0.2) is 5.01 Å². The third-order valence-corrected chi connectivity index (χ3v) is 7.61. The number of thioether (sulfide) groups is 1. The van der Waals surface area contributed by atoms with Crippen molar-refractivity contribution >= 4 is 40.1 Å². The van der Waals surface area contributed by atoms with Crippen LogP contribution in [-0.2, 0) is 9.59 Å². The third-order valence-electron chi connectivity index (χ3n) is 6.47. The Hall–Kier alpha value is -4.11. The molecule has 0 saturated heterocycles. The molecule has 0 aromatic heterocycles. The number of carbonyl (C=O) groups excluding carboxylic acids is 2. The second-order valence-electron chi connectivity index (χ2n) is 9.04. The average Bonchev–Trinajstić information content (AvgIpc) is 3.53. The fraction of sp³-hybridized carbons (Fsp3) is 0.241. The van der Waals surface area contributed by atoms with Gasteiger partial charge in [-0.15, -0.1) is 0 Å². The zero-order chi connectivity index (χ0) is 26.6. The number of ether oxygens (including phenoxy) is 2. The first-order valence-corrected chi connectivity index (χ1v) is 13.1. The van der Waals surface area contributed by atoms with Crippen LogP contribution in [0.4, 0.5) is 5.69 Å². The molecule has 2 heterocycles. The van der Waals surface area contributed by atoms with E-state index < -0.39 is 5.25 Å². The van der Waals surface area contributed by atoms with Gasteiger partial charge >= 0.3 is 0 Å². The van der Waals surface area contributed by atoms with Crippen molar-refractivity contribution in [3.8, 4) is 11.5 Å². The van der Waals surface area contributed by atoms with Crippen molar-refractivity contribution in [1.82, 2.24) is 5.01 Å². The Morgan fingerprint density at radius 1 is 1.03 bits per heavy atom. The number of hydrogen-bond acceptors (Lipinski definition) is 7. The number of anilines is 1. The summed E-state index contributed by atoms with van der Waals surface area (Å²) < 4.78 is 10.6. The fourth-order valence-electron chi connectivity index (χ4n) is 4.41. The van der Waals surface area contributed by atoms with E-state index in [-0.39, 0.29) is 24.3 Å². The summed E-state index contributed by atoms with van der Waals surface area (Å²) in [4.78, 5) is 30.0. The van der Waals surface area contributed by atoms with E-state index in [9.17, 15) is 9.59 Å². The molecule has 0 bridgehead atoms. The molecule has 0 spiro atoms. The van der Waals surface area contributed by atoms with Crippen molar-refractivity contribution in [2.24, 2.45) is 10.1 Å². The summed E-state index contributed by atoms with van der Waals surface area (Å²) >= 11 is 1.27. The number of aliphatic imine (C=N–C) groups is 1. The van der Waals surface area contributed by atoms with Gasteiger partial charge in [0.05, 0.1) is 31.7 Å². The number of carbonyl (C=O) groups is 2. The maximum absolute atomic E-state index is 12.9. The summed E-state index contributed by atoms with van der Waals surface area (Å²) in [5.74, 6) is 0.698. The maximum atomic E-state index is 12.9. The Morgan fingerprint density at radius 3 is 2.47 bits per heavy atom. The molecule has 0 radical (unpaired) electrons. The molecule has 0 aliphatic carbocycles. The van der Waals surface area contributed by atoms with E-state index in [0.717, 1.165) is 22.6 Å². The molecule has 9 heteroatoms. The SMILES string of the molecule is COc1ccc([C@@H]2CC(c3ccc(C)cc3)=NN2C2=NC(=O)[C@@H](CC(=O)Nc3ccccc3OC)S2)cc1. The molecular formula is C29H28N4O4S. The molecule has 2 amide bonds. The van der Waals surface area contributed by atoms with Gasteiger partial charge in [-0.2, -0.15) is 10.1 Å². The second-order valence-corrected chi connectivity index (χ2v) is 10.2. The highest BCUT2D eigenvalue weighted by Crippen LogP contribution is 2.39. The van der Waals surface area contributed by atoms with Crippen molar-refractivity contribution in [3.63, 3.8) is 0 Å². The van der Waals surface area contributed by atoms with Gasteiger partial charge in [0, 0.05) is 12.8 Å². The first-order chi connectivity index (χ1) is 18.4. The molecule has 3 aromatic rings. The number of amidine groups is 1. The number of rotatable bonds is 7. The minimum atomic E-state index is -0.630. The molecule has 194 valence electrons. The molecule has 0 unspecified atom stereocenters. The molecule has 2 aliphatic rings. The summed E-state index contributed by atoms with van der Waals surface area (Å²) in [6, 6.07) is 23.1. The van der Waals surface area contributed by atoms with Crippen molar-refractivity contribution in [2.75, 3.05) is 19.5 Å². The van der Waals surface area contributed by atoms with E-state index >= 15 is 0 Å². The molecule has 0 fully saturated rings. The van der Waals surface area contributed by atoms with Crippen LogP contribution in [0, 0.1) is 6.92 Å². The van der Waals surface area contributed by atoms with Crippen molar-refractivity contribution in [2.45, 2.75) is 31.1 Å². The largest absolute Gasteiger partial charge is 0.497 e. The normalized spacial score (nSPS) is 18.7. The molecule has 2 atom stereocenters. The average molecular weight is 529 g/mol. The maximum Gasteiger partial charge on any atom is 0.262 e. The van der Waals surface area contributed by atoms with E-state index in [2.05, 4.69) is 34.6 Å². The number of hydrazone groups is 1. The summed E-state index contributed by atoms with van der Waals surface area (Å²) in [5, 5.41) is 9.43. The number of para-hydroxylation sites is 2. The lowest BCUT2D eigenvalue weighted by atomic mass is 9.98. The van der Waals surface area contributed by atoms with Gasteiger partial charge < -0.3 is 14.8 Å². The molecule has 0 saturated carbocycles. The lowest BCUT2D eigenvalue weighted by molar-refractivity contribution is -0.121. The van der Waals surface area contributed by atoms with Crippen LogP contribution in [0.15, 0.2) is 82.9 Å². The zero-order valence-electron chi connectivity index (χ0n) is 21.4. The standard InChI is InChI=1S/C29H28N4O4S/c1-18-8-10-19(11-9-18)23-16-24(20-12-14-21(36-2)15-13-20)33(32-23)29-31-28(35)26(38-29)17-27(34)30-22-6-4-5-7-25(22)37-3/h4-15,24,26H,16-17H2,1-3H3,(H,30,34)/t24-,26+/m0/s1. The number of hydrogen-bond donors (Lipinski definition) is 1. The molecule has 5 rings (SSSR count). The van der Waals surface area contributed by atoms with Crippen LogP contribution in [0.1, 0.15) is 35.6 Å². The molecule has 8 nitrogen and oxygen atoms in total. The molecular weight excluding hydrogens is 500 g/mol. The lowest BCUT2D eigenvalue weighted by Gasteiger charge is -2.23. The van der Waals surface area contributed by atoms with Gasteiger partial charge in [0.25, 0.3) is 5.91 Å². The van der Waals surface area contributed by atoms with E-state index in [4.69, 9.17) is 14.6 Å². The first-order valence-electron chi connectivity index (χ1n) is 12.2. The quantitative estimate of drug-likeness (QED) is 0.454. The highest BCUT2D eigenvalue weighted by atomic mass is 32.2. The van der Waals surface area contributed by atoms with E-state index in [1.165, 1.54) is 17.3 Å². The highest BCUT2D eigenvalue weighted by Gasteiger charge is 2.39. The summed E-state index contributed by atoms with van der Waals surface area (Å²) in [6.45, 7) is 2.05.